The van der Waals surface area contributed by atoms with E-state index in [2.05, 4.69) is 4.57 Å². The fourth-order valence-corrected chi connectivity index (χ4v) is 4.96. The summed E-state index contributed by atoms with van der Waals surface area (Å²) in [6, 6.07) is 23.8. The van der Waals surface area contributed by atoms with E-state index in [-0.39, 0.29) is 17.2 Å². The third-order valence-electron chi connectivity index (χ3n) is 5.79. The molecule has 1 aliphatic rings. The van der Waals surface area contributed by atoms with E-state index in [9.17, 15) is 14.4 Å². The average Bonchev–Trinajstić information content (AvgIpc) is 3.37. The van der Waals surface area contributed by atoms with Gasteiger partial charge in [0.05, 0.1) is 18.0 Å². The SMILES string of the molecule is O=C(CN1C(=O)S/C(=C\c2cn(CCOc3ccccc3)c3ccccc23)C1=O)c1ccc(Cl)cc1. The monoisotopic (exact) mass is 516 g/mol. The molecule has 0 radical (unpaired) electrons. The maximum atomic E-state index is 13.0. The van der Waals surface area contributed by atoms with Gasteiger partial charge >= 0.3 is 0 Å². The van der Waals surface area contributed by atoms with E-state index in [0.717, 1.165) is 38.9 Å². The number of carbonyl (C=O) groups is 3. The van der Waals surface area contributed by atoms with Gasteiger partial charge in [-0.25, -0.2) is 0 Å². The van der Waals surface area contributed by atoms with Crippen LogP contribution in [0.1, 0.15) is 15.9 Å². The Morgan fingerprint density at radius 3 is 2.44 bits per heavy atom. The molecule has 5 rings (SSSR count). The molecule has 0 N–H and O–H groups in total. The van der Waals surface area contributed by atoms with Crippen molar-refractivity contribution in [1.29, 1.82) is 0 Å². The minimum atomic E-state index is -0.475. The predicted molar refractivity (Wildman–Crippen MR) is 142 cm³/mol. The summed E-state index contributed by atoms with van der Waals surface area (Å²) in [5.41, 5.74) is 2.21. The Labute approximate surface area is 217 Å². The van der Waals surface area contributed by atoms with Crippen LogP contribution in [0, 0.1) is 0 Å². The number of fused-ring (bicyclic) bond motifs is 1. The number of ether oxygens (including phenoxy) is 1. The highest BCUT2D eigenvalue weighted by atomic mass is 35.5. The number of imide groups is 1. The molecule has 1 saturated heterocycles. The summed E-state index contributed by atoms with van der Waals surface area (Å²) < 4.78 is 7.91. The van der Waals surface area contributed by atoms with Crippen LogP contribution in [-0.2, 0) is 11.3 Å². The Balaban J connectivity index is 1.34. The lowest BCUT2D eigenvalue weighted by atomic mass is 10.1. The molecule has 0 saturated carbocycles. The van der Waals surface area contributed by atoms with Gasteiger partial charge in [-0.2, -0.15) is 0 Å². The Kier molecular flexibility index (Phi) is 6.93. The Morgan fingerprint density at radius 1 is 0.944 bits per heavy atom. The van der Waals surface area contributed by atoms with Crippen LogP contribution < -0.4 is 4.74 Å². The number of Topliss-reactive ketones (excluding diaryl/α,β-unsaturated/α-hetero) is 1. The van der Waals surface area contributed by atoms with Gasteiger partial charge in [0.2, 0.25) is 0 Å². The lowest BCUT2D eigenvalue weighted by Gasteiger charge is -2.11. The van der Waals surface area contributed by atoms with Gasteiger partial charge in [0.1, 0.15) is 12.4 Å². The molecular weight excluding hydrogens is 496 g/mol. The van der Waals surface area contributed by atoms with E-state index in [4.69, 9.17) is 16.3 Å². The maximum absolute atomic E-state index is 13.0. The number of carbonyl (C=O) groups excluding carboxylic acids is 3. The highest BCUT2D eigenvalue weighted by Crippen LogP contribution is 2.34. The third-order valence-corrected chi connectivity index (χ3v) is 6.95. The maximum Gasteiger partial charge on any atom is 0.293 e. The summed E-state index contributed by atoms with van der Waals surface area (Å²) in [5.74, 6) is -0.00204. The minimum absolute atomic E-state index is 0.285. The fourth-order valence-electron chi connectivity index (χ4n) is 4.00. The molecule has 2 heterocycles. The van der Waals surface area contributed by atoms with Crippen molar-refractivity contribution in [2.45, 2.75) is 6.54 Å². The zero-order valence-electron chi connectivity index (χ0n) is 19.1. The molecule has 0 bridgehead atoms. The van der Waals surface area contributed by atoms with Crippen molar-refractivity contribution in [3.8, 4) is 5.75 Å². The van der Waals surface area contributed by atoms with Crippen LogP contribution in [0.2, 0.25) is 5.02 Å². The number of hydrogen-bond donors (Lipinski definition) is 0. The van der Waals surface area contributed by atoms with Crippen LogP contribution in [0.5, 0.6) is 5.75 Å². The van der Waals surface area contributed by atoms with Gasteiger partial charge in [0.15, 0.2) is 5.78 Å². The van der Waals surface area contributed by atoms with Crippen LogP contribution in [0.4, 0.5) is 4.79 Å². The number of rotatable bonds is 8. The summed E-state index contributed by atoms with van der Waals surface area (Å²) in [6.45, 7) is 0.772. The molecule has 4 aromatic rings. The molecule has 0 aliphatic carbocycles. The second-order valence-corrected chi connectivity index (χ2v) is 9.58. The molecule has 1 aromatic heterocycles. The number of aromatic nitrogens is 1. The predicted octanol–water partition coefficient (Wildman–Crippen LogP) is 6.29. The van der Waals surface area contributed by atoms with Gasteiger partial charge < -0.3 is 9.30 Å². The summed E-state index contributed by atoms with van der Waals surface area (Å²) in [7, 11) is 0. The van der Waals surface area contributed by atoms with Gasteiger partial charge in [-0.3, -0.25) is 19.3 Å². The number of amides is 2. The van der Waals surface area contributed by atoms with Gasteiger partial charge in [-0.1, -0.05) is 48.0 Å². The molecule has 0 unspecified atom stereocenters. The minimum Gasteiger partial charge on any atom is -0.492 e. The van der Waals surface area contributed by atoms with Crippen molar-refractivity contribution >= 4 is 57.3 Å². The van der Waals surface area contributed by atoms with Crippen molar-refractivity contribution in [1.82, 2.24) is 9.47 Å². The van der Waals surface area contributed by atoms with Crippen molar-refractivity contribution in [3.63, 3.8) is 0 Å². The average molecular weight is 517 g/mol. The van der Waals surface area contributed by atoms with Gasteiger partial charge in [-0.05, 0) is 60.3 Å². The molecule has 8 heteroatoms. The highest BCUT2D eigenvalue weighted by Gasteiger charge is 2.36. The third kappa shape index (κ3) is 5.08. The van der Waals surface area contributed by atoms with E-state index in [1.165, 1.54) is 0 Å². The fraction of sp³-hybridized carbons (Fsp3) is 0.107. The Bertz CT molecular complexity index is 1480. The number of ketones is 1. The number of nitrogens with zero attached hydrogens (tertiary/aromatic N) is 2. The van der Waals surface area contributed by atoms with Gasteiger partial charge in [0.25, 0.3) is 11.1 Å². The van der Waals surface area contributed by atoms with Crippen LogP contribution in [0.25, 0.3) is 17.0 Å². The molecular formula is C28H21ClN2O4S. The first-order valence-electron chi connectivity index (χ1n) is 11.3. The normalized spacial score (nSPS) is 14.7. The standard InChI is InChI=1S/C28H21ClN2O4S/c29-21-12-10-19(11-13-21)25(32)18-31-27(33)26(36-28(31)34)16-20-17-30(24-9-5-4-8-23(20)24)14-15-35-22-6-2-1-3-7-22/h1-13,16-17H,14-15,18H2/b26-16-. The molecule has 180 valence electrons. The number of halogens is 1. The van der Waals surface area contributed by atoms with E-state index in [1.807, 2.05) is 60.8 Å². The lowest BCUT2D eigenvalue weighted by Crippen LogP contribution is -2.33. The summed E-state index contributed by atoms with van der Waals surface area (Å²) in [6.07, 6.45) is 3.67. The van der Waals surface area contributed by atoms with Crippen molar-refractivity contribution in [3.05, 3.63) is 106 Å². The molecule has 3 aromatic carbocycles. The molecule has 0 spiro atoms. The van der Waals surface area contributed by atoms with E-state index in [0.29, 0.717) is 23.7 Å². The quantitative estimate of drug-likeness (QED) is 0.203. The summed E-state index contributed by atoms with van der Waals surface area (Å²) in [4.78, 5) is 39.5. The molecule has 0 atom stereocenters. The second kappa shape index (κ2) is 10.4. The van der Waals surface area contributed by atoms with E-state index < -0.39 is 11.1 Å². The molecule has 1 aliphatic heterocycles. The largest absolute Gasteiger partial charge is 0.492 e. The molecule has 36 heavy (non-hydrogen) atoms. The number of thioether (sulfide) groups is 1. The van der Waals surface area contributed by atoms with Crippen molar-refractivity contribution in [2.75, 3.05) is 13.2 Å². The number of hydrogen-bond acceptors (Lipinski definition) is 5. The van der Waals surface area contributed by atoms with E-state index >= 15 is 0 Å². The number of benzene rings is 3. The lowest BCUT2D eigenvalue weighted by molar-refractivity contribution is -0.122. The van der Waals surface area contributed by atoms with E-state index in [1.54, 1.807) is 30.3 Å². The van der Waals surface area contributed by atoms with Gasteiger partial charge in [-0.15, -0.1) is 0 Å². The zero-order valence-corrected chi connectivity index (χ0v) is 20.7. The van der Waals surface area contributed by atoms with Crippen molar-refractivity contribution in [2.24, 2.45) is 0 Å². The first-order valence-corrected chi connectivity index (χ1v) is 12.5. The van der Waals surface area contributed by atoms with Gasteiger partial charge in [0, 0.05) is 33.2 Å². The molecule has 6 nitrogen and oxygen atoms in total. The van der Waals surface area contributed by atoms with Crippen molar-refractivity contribution < 1.29 is 19.1 Å². The van der Waals surface area contributed by atoms with Crippen LogP contribution in [0.3, 0.4) is 0 Å². The Morgan fingerprint density at radius 2 is 1.67 bits per heavy atom. The van der Waals surface area contributed by atoms with Crippen LogP contribution in [-0.4, -0.2) is 39.5 Å². The second-order valence-electron chi connectivity index (χ2n) is 8.15. The highest BCUT2D eigenvalue weighted by molar-refractivity contribution is 8.18. The first kappa shape index (κ1) is 23.9. The molecule has 1 fully saturated rings. The number of para-hydroxylation sites is 2. The zero-order chi connectivity index (χ0) is 25.1. The smallest absolute Gasteiger partial charge is 0.293 e. The topological polar surface area (TPSA) is 68.6 Å². The summed E-state index contributed by atoms with van der Waals surface area (Å²) >= 11 is 6.72. The van der Waals surface area contributed by atoms with Crippen LogP contribution in [0.15, 0.2) is 90.0 Å². The van der Waals surface area contributed by atoms with Crippen LogP contribution >= 0.6 is 23.4 Å². The summed E-state index contributed by atoms with van der Waals surface area (Å²) in [5, 5.41) is 1.00. The molecule has 2 amide bonds. The first-order chi connectivity index (χ1) is 17.5. The Hall–Kier alpha value is -3.81.